The number of methoxy groups -OCH3 is 1. The molecule has 11 heteroatoms. The molecule has 0 aliphatic carbocycles. The van der Waals surface area contributed by atoms with Gasteiger partial charge < -0.3 is 35.7 Å². The Bertz CT molecular complexity index is 922. The van der Waals surface area contributed by atoms with Gasteiger partial charge in [-0.25, -0.2) is 4.79 Å². The highest BCUT2D eigenvalue weighted by atomic mass is 16.5. The Kier molecular flexibility index (Phi) is 11.3. The van der Waals surface area contributed by atoms with E-state index in [1.165, 1.54) is 17.7 Å². The van der Waals surface area contributed by atoms with Gasteiger partial charge >= 0.3 is 6.03 Å². The molecule has 1 aromatic rings. The zero-order valence-electron chi connectivity index (χ0n) is 19.5. The molecular formula is C21H34N6O5. The number of aliphatic imine (C=N–C) groups is 1. The molecule has 1 heterocycles. The number of pyridine rings is 1. The third-order valence-corrected chi connectivity index (χ3v) is 4.80. The number of rotatable bonds is 11. The highest BCUT2D eigenvalue weighted by Crippen LogP contribution is 2.13. The number of allylic oxidation sites excluding steroid dienone is 2. The minimum atomic E-state index is -0.493. The van der Waals surface area contributed by atoms with Crippen molar-refractivity contribution in [3.8, 4) is 0 Å². The van der Waals surface area contributed by atoms with E-state index in [2.05, 4.69) is 26.3 Å². The van der Waals surface area contributed by atoms with Gasteiger partial charge in [-0.15, -0.1) is 0 Å². The number of hydrogen-bond acceptors (Lipinski definition) is 7. The van der Waals surface area contributed by atoms with Crippen molar-refractivity contribution in [3.63, 3.8) is 0 Å². The Hall–Kier alpha value is -3.02. The molecule has 178 valence electrons. The van der Waals surface area contributed by atoms with E-state index in [1.54, 1.807) is 41.2 Å². The lowest BCUT2D eigenvalue weighted by molar-refractivity contribution is 0.0961. The number of carbonyl (C=O) groups excluding carboxylic acids is 2. The van der Waals surface area contributed by atoms with Crippen LogP contribution in [0.5, 0.6) is 0 Å². The highest BCUT2D eigenvalue weighted by molar-refractivity contribution is 6.13. The third-order valence-electron chi connectivity index (χ3n) is 4.80. The Balaban J connectivity index is 3.02. The first-order chi connectivity index (χ1) is 15.2. The van der Waals surface area contributed by atoms with Crippen molar-refractivity contribution in [2.75, 3.05) is 47.5 Å². The van der Waals surface area contributed by atoms with Crippen molar-refractivity contribution in [1.82, 2.24) is 25.8 Å². The van der Waals surface area contributed by atoms with Gasteiger partial charge in [0.15, 0.2) is 0 Å². The number of hydrogen-bond donors (Lipinski definition) is 5. The second-order valence-electron chi connectivity index (χ2n) is 7.13. The Labute approximate surface area is 187 Å². The van der Waals surface area contributed by atoms with Crippen molar-refractivity contribution in [1.29, 1.82) is 0 Å². The van der Waals surface area contributed by atoms with Gasteiger partial charge in [0.05, 0.1) is 25.0 Å². The standard InChI is InChI=1S/C21H34N6O5/c1-13(14(2)25-21(31)26-16(12-28)10-24-7-8-32-6)18(22-3)15-9-17(19(29)23-4)20(30)27(5)11-15/h9,11,16,24,28H,7-8,10,12H2,1-6H3,(H,23,29)(H2,25,26,31)/b14-13+,22-18+/t16-/m1/s1. The summed E-state index contributed by atoms with van der Waals surface area (Å²) < 4.78 is 6.26. The Morgan fingerprint density at radius 2 is 2.00 bits per heavy atom. The second kappa shape index (κ2) is 13.4. The minimum Gasteiger partial charge on any atom is -0.394 e. The van der Waals surface area contributed by atoms with E-state index in [4.69, 9.17) is 4.74 Å². The van der Waals surface area contributed by atoms with E-state index in [1.807, 2.05) is 0 Å². The number of aromatic nitrogens is 1. The smallest absolute Gasteiger partial charge is 0.319 e. The maximum Gasteiger partial charge on any atom is 0.319 e. The first-order valence-electron chi connectivity index (χ1n) is 10.2. The maximum absolute atomic E-state index is 12.4. The van der Waals surface area contributed by atoms with Gasteiger partial charge in [-0.3, -0.25) is 14.6 Å². The summed E-state index contributed by atoms with van der Waals surface area (Å²) in [7, 11) is 6.19. The van der Waals surface area contributed by atoms with Gasteiger partial charge in [-0.05, 0) is 25.5 Å². The number of nitrogens with zero attached hydrogens (tertiary/aromatic N) is 2. The molecule has 1 atom stereocenters. The van der Waals surface area contributed by atoms with Crippen LogP contribution in [0.15, 0.2) is 33.3 Å². The van der Waals surface area contributed by atoms with Crippen molar-refractivity contribution < 1.29 is 19.4 Å². The van der Waals surface area contributed by atoms with E-state index >= 15 is 0 Å². The number of urea groups is 1. The van der Waals surface area contributed by atoms with Crippen molar-refractivity contribution in [2.45, 2.75) is 19.9 Å². The molecule has 0 saturated carbocycles. The van der Waals surface area contributed by atoms with Crippen LogP contribution in [0.4, 0.5) is 4.79 Å². The topological polar surface area (TPSA) is 146 Å². The molecule has 0 aliphatic heterocycles. The fraction of sp³-hybridized carbons (Fsp3) is 0.524. The van der Waals surface area contributed by atoms with Crippen molar-refractivity contribution in [3.05, 3.63) is 45.0 Å². The lowest BCUT2D eigenvalue weighted by atomic mass is 10.0. The molecule has 32 heavy (non-hydrogen) atoms. The quantitative estimate of drug-likeness (QED) is 0.224. The minimum absolute atomic E-state index is 0.00318. The van der Waals surface area contributed by atoms with Gasteiger partial charge in [0.25, 0.3) is 11.5 Å². The monoisotopic (exact) mass is 450 g/mol. The fourth-order valence-electron chi connectivity index (χ4n) is 2.93. The molecule has 0 bridgehead atoms. The molecule has 1 aromatic heterocycles. The normalized spacial score (nSPS) is 13.3. The van der Waals surface area contributed by atoms with Crippen LogP contribution in [0, 0.1) is 0 Å². The lowest BCUT2D eigenvalue weighted by Gasteiger charge is -2.19. The van der Waals surface area contributed by atoms with Crippen LogP contribution in [0.1, 0.15) is 29.8 Å². The van der Waals surface area contributed by atoms with Gasteiger partial charge in [-0.2, -0.15) is 0 Å². The van der Waals surface area contributed by atoms with E-state index in [9.17, 15) is 19.5 Å². The van der Waals surface area contributed by atoms with Gasteiger partial charge in [0.2, 0.25) is 0 Å². The summed E-state index contributed by atoms with van der Waals surface area (Å²) in [5, 5.41) is 20.5. The van der Waals surface area contributed by atoms with Crippen LogP contribution >= 0.6 is 0 Å². The summed E-state index contributed by atoms with van der Waals surface area (Å²) in [6.07, 6.45) is 1.58. The molecular weight excluding hydrogens is 416 g/mol. The number of amides is 3. The summed E-state index contributed by atoms with van der Waals surface area (Å²) in [6.45, 7) is 4.78. The van der Waals surface area contributed by atoms with E-state index in [0.717, 1.165) is 0 Å². The van der Waals surface area contributed by atoms with Crippen LogP contribution in [0.2, 0.25) is 0 Å². The van der Waals surface area contributed by atoms with Crippen LogP contribution in [-0.4, -0.2) is 80.9 Å². The summed E-state index contributed by atoms with van der Waals surface area (Å²) in [6, 6.07) is 0.530. The summed E-state index contributed by atoms with van der Waals surface area (Å²) in [5.74, 6) is -0.493. The molecule has 1 rings (SSSR count). The molecule has 0 aromatic carbocycles. The zero-order chi connectivity index (χ0) is 24.3. The lowest BCUT2D eigenvalue weighted by Crippen LogP contribution is -2.48. The summed E-state index contributed by atoms with van der Waals surface area (Å²) in [4.78, 5) is 41.0. The number of aliphatic hydroxyl groups excluding tert-OH is 1. The zero-order valence-corrected chi connectivity index (χ0v) is 19.5. The maximum atomic E-state index is 12.4. The number of nitrogens with one attached hydrogen (secondary N) is 4. The van der Waals surface area contributed by atoms with Gasteiger partial charge in [0.1, 0.15) is 5.56 Å². The largest absolute Gasteiger partial charge is 0.394 e. The van der Waals surface area contributed by atoms with Gasteiger partial charge in [0, 0.05) is 58.8 Å². The number of aryl methyl sites for hydroxylation is 1. The van der Waals surface area contributed by atoms with Crippen molar-refractivity contribution >= 4 is 17.6 Å². The van der Waals surface area contributed by atoms with E-state index in [-0.39, 0.29) is 12.2 Å². The highest BCUT2D eigenvalue weighted by Gasteiger charge is 2.17. The Morgan fingerprint density at radius 3 is 2.56 bits per heavy atom. The van der Waals surface area contributed by atoms with Crippen LogP contribution in [0.25, 0.3) is 0 Å². The average molecular weight is 451 g/mol. The Morgan fingerprint density at radius 1 is 1.31 bits per heavy atom. The molecule has 0 radical (unpaired) electrons. The number of ether oxygens (including phenoxy) is 1. The molecule has 0 saturated heterocycles. The molecule has 5 N–H and O–H groups in total. The summed E-state index contributed by atoms with van der Waals surface area (Å²) in [5.41, 5.74) is 1.84. The second-order valence-corrected chi connectivity index (χ2v) is 7.13. The predicted molar refractivity (Wildman–Crippen MR) is 123 cm³/mol. The summed E-state index contributed by atoms with van der Waals surface area (Å²) >= 11 is 0. The van der Waals surface area contributed by atoms with Crippen LogP contribution in [-0.2, 0) is 11.8 Å². The molecule has 0 fully saturated rings. The SMILES string of the molecule is C/N=C(\C(C)=C(/C)NC(=O)N[C@@H](CO)CNCCOC)c1cc(C(=O)NC)c(=O)n(C)c1. The van der Waals surface area contributed by atoms with Gasteiger partial charge in [-0.1, -0.05) is 0 Å². The molecule has 11 nitrogen and oxygen atoms in total. The third kappa shape index (κ3) is 7.59. The molecule has 0 aliphatic rings. The van der Waals surface area contributed by atoms with Crippen molar-refractivity contribution in [2.24, 2.45) is 12.0 Å². The molecule has 0 unspecified atom stereocenters. The van der Waals surface area contributed by atoms with E-state index in [0.29, 0.717) is 42.2 Å². The fourth-order valence-corrected chi connectivity index (χ4v) is 2.93. The first kappa shape index (κ1) is 27.0. The molecule has 3 amide bonds. The van der Waals surface area contributed by atoms with Crippen LogP contribution in [0.3, 0.4) is 0 Å². The molecule has 0 spiro atoms. The first-order valence-corrected chi connectivity index (χ1v) is 10.2. The number of carbonyl (C=O) groups is 2. The average Bonchev–Trinajstić information content (AvgIpc) is 2.77. The van der Waals surface area contributed by atoms with E-state index < -0.39 is 23.5 Å². The predicted octanol–water partition coefficient (Wildman–Crippen LogP) is -0.646. The number of aliphatic hydroxyl groups is 1. The van der Waals surface area contributed by atoms with Crippen LogP contribution < -0.4 is 26.8 Å².